The average Bonchev–Trinajstić information content (AvgIpc) is 2.81. The summed E-state index contributed by atoms with van der Waals surface area (Å²) in [5.41, 5.74) is 10.6. The second-order valence-electron chi connectivity index (χ2n) is 8.43. The van der Waals surface area contributed by atoms with E-state index in [1.54, 1.807) is 6.33 Å². The van der Waals surface area contributed by atoms with E-state index in [0.29, 0.717) is 11.4 Å². The highest BCUT2D eigenvalue weighted by molar-refractivity contribution is 5.94. The lowest BCUT2D eigenvalue weighted by Crippen LogP contribution is -2.49. The molecule has 1 amide bonds. The number of hydrogen-bond donors (Lipinski definition) is 3. The highest BCUT2D eigenvalue weighted by Gasteiger charge is 2.23. The largest absolute Gasteiger partial charge is 0.377 e. The zero-order chi connectivity index (χ0) is 22.5. The molecule has 1 heterocycles. The Kier molecular flexibility index (Phi) is 6.66. The SMILES string of the molecule is CN(C)c1ccccc1-c1cc(Nc2ccc(C(=O)N[C@@H]3CCCC[C@H]3N)cc2)ncn1. The number of rotatable bonds is 6. The van der Waals surface area contributed by atoms with Crippen LogP contribution in [0.15, 0.2) is 60.9 Å². The number of hydrogen-bond acceptors (Lipinski definition) is 6. The van der Waals surface area contributed by atoms with Gasteiger partial charge in [0.2, 0.25) is 0 Å². The van der Waals surface area contributed by atoms with Crippen LogP contribution in [-0.4, -0.2) is 42.1 Å². The van der Waals surface area contributed by atoms with Crippen molar-refractivity contribution in [2.75, 3.05) is 24.3 Å². The molecule has 7 heteroatoms. The molecule has 3 aromatic rings. The molecule has 0 spiro atoms. The predicted molar refractivity (Wildman–Crippen MR) is 129 cm³/mol. The maximum Gasteiger partial charge on any atom is 0.251 e. The van der Waals surface area contributed by atoms with Gasteiger partial charge in [0.15, 0.2) is 0 Å². The van der Waals surface area contributed by atoms with E-state index >= 15 is 0 Å². The Morgan fingerprint density at radius 2 is 1.78 bits per heavy atom. The zero-order valence-corrected chi connectivity index (χ0v) is 18.6. The summed E-state index contributed by atoms with van der Waals surface area (Å²) in [6.45, 7) is 0. The molecule has 7 nitrogen and oxygen atoms in total. The van der Waals surface area contributed by atoms with E-state index in [1.807, 2.05) is 62.6 Å². The third-order valence-corrected chi connectivity index (χ3v) is 5.88. The van der Waals surface area contributed by atoms with Crippen molar-refractivity contribution in [3.63, 3.8) is 0 Å². The Hall–Kier alpha value is -3.45. The zero-order valence-electron chi connectivity index (χ0n) is 18.6. The van der Waals surface area contributed by atoms with Crippen molar-refractivity contribution in [3.8, 4) is 11.3 Å². The molecule has 0 saturated heterocycles. The first-order chi connectivity index (χ1) is 15.5. The minimum absolute atomic E-state index is 0.0400. The molecule has 4 rings (SSSR count). The molecule has 32 heavy (non-hydrogen) atoms. The number of nitrogens with zero attached hydrogens (tertiary/aromatic N) is 3. The lowest BCUT2D eigenvalue weighted by atomic mass is 9.91. The number of anilines is 3. The van der Waals surface area contributed by atoms with Crippen molar-refractivity contribution >= 4 is 23.1 Å². The van der Waals surface area contributed by atoms with Gasteiger partial charge in [-0.15, -0.1) is 0 Å². The minimum atomic E-state index is -0.0801. The molecule has 1 saturated carbocycles. The summed E-state index contributed by atoms with van der Waals surface area (Å²) in [5, 5.41) is 6.39. The van der Waals surface area contributed by atoms with Crippen molar-refractivity contribution in [1.29, 1.82) is 0 Å². The second-order valence-corrected chi connectivity index (χ2v) is 8.43. The van der Waals surface area contributed by atoms with Crippen LogP contribution in [-0.2, 0) is 0 Å². The molecule has 1 aromatic heterocycles. The van der Waals surface area contributed by atoms with Gasteiger partial charge in [0, 0.05) is 54.7 Å². The summed E-state index contributed by atoms with van der Waals surface area (Å²) in [6.07, 6.45) is 5.72. The Bertz CT molecular complexity index is 1070. The van der Waals surface area contributed by atoms with Crippen LogP contribution in [0.2, 0.25) is 0 Å². The van der Waals surface area contributed by atoms with Crippen LogP contribution in [0.25, 0.3) is 11.3 Å². The molecule has 2 atom stereocenters. The summed E-state index contributed by atoms with van der Waals surface area (Å²) in [7, 11) is 4.03. The average molecular weight is 431 g/mol. The van der Waals surface area contributed by atoms with Gasteiger partial charge in [0.25, 0.3) is 5.91 Å². The van der Waals surface area contributed by atoms with E-state index in [-0.39, 0.29) is 18.0 Å². The number of carbonyl (C=O) groups is 1. The van der Waals surface area contributed by atoms with Crippen molar-refractivity contribution < 1.29 is 4.79 Å². The monoisotopic (exact) mass is 430 g/mol. The van der Waals surface area contributed by atoms with Gasteiger partial charge in [-0.05, 0) is 43.2 Å². The summed E-state index contributed by atoms with van der Waals surface area (Å²) in [5.74, 6) is 0.609. The number of carbonyl (C=O) groups excluding carboxylic acids is 1. The first-order valence-electron chi connectivity index (χ1n) is 11.0. The normalized spacial score (nSPS) is 18.1. The third-order valence-electron chi connectivity index (χ3n) is 5.88. The molecule has 166 valence electrons. The Morgan fingerprint density at radius 1 is 1.03 bits per heavy atom. The van der Waals surface area contributed by atoms with Crippen LogP contribution in [0.3, 0.4) is 0 Å². The van der Waals surface area contributed by atoms with Crippen molar-refractivity contribution in [2.45, 2.75) is 37.8 Å². The fourth-order valence-electron chi connectivity index (χ4n) is 4.10. The molecule has 0 bridgehead atoms. The molecule has 0 unspecified atom stereocenters. The lowest BCUT2D eigenvalue weighted by Gasteiger charge is -2.29. The highest BCUT2D eigenvalue weighted by atomic mass is 16.1. The molecule has 2 aromatic carbocycles. The number of aromatic nitrogens is 2. The molecular formula is C25H30N6O. The number of benzene rings is 2. The Labute approximate surface area is 189 Å². The van der Waals surface area contributed by atoms with E-state index < -0.39 is 0 Å². The fourth-order valence-corrected chi connectivity index (χ4v) is 4.10. The number of amides is 1. The first-order valence-corrected chi connectivity index (χ1v) is 11.0. The van der Waals surface area contributed by atoms with Crippen LogP contribution in [0.5, 0.6) is 0 Å². The smallest absolute Gasteiger partial charge is 0.251 e. The molecule has 1 fully saturated rings. The summed E-state index contributed by atoms with van der Waals surface area (Å²) >= 11 is 0. The van der Waals surface area contributed by atoms with Crippen molar-refractivity contribution in [2.24, 2.45) is 5.73 Å². The molecule has 0 aliphatic heterocycles. The second kappa shape index (κ2) is 9.78. The van der Waals surface area contributed by atoms with Crippen LogP contribution in [0.4, 0.5) is 17.2 Å². The number of para-hydroxylation sites is 1. The van der Waals surface area contributed by atoms with Gasteiger partial charge in [-0.1, -0.05) is 31.0 Å². The summed E-state index contributed by atoms with van der Waals surface area (Å²) < 4.78 is 0. The highest BCUT2D eigenvalue weighted by Crippen LogP contribution is 2.29. The third kappa shape index (κ3) is 5.06. The molecular weight excluding hydrogens is 400 g/mol. The van der Waals surface area contributed by atoms with E-state index in [9.17, 15) is 4.79 Å². The Morgan fingerprint density at radius 3 is 2.53 bits per heavy atom. The van der Waals surface area contributed by atoms with Gasteiger partial charge >= 0.3 is 0 Å². The molecule has 0 radical (unpaired) electrons. The van der Waals surface area contributed by atoms with Gasteiger partial charge in [-0.2, -0.15) is 0 Å². The van der Waals surface area contributed by atoms with Crippen molar-refractivity contribution in [3.05, 3.63) is 66.5 Å². The fraction of sp³-hybridized carbons (Fsp3) is 0.320. The van der Waals surface area contributed by atoms with Gasteiger partial charge in [-0.25, -0.2) is 9.97 Å². The maximum absolute atomic E-state index is 12.6. The minimum Gasteiger partial charge on any atom is -0.377 e. The standard InChI is InChI=1S/C25H30N6O/c1-31(2)23-10-6-3-7-19(23)22-15-24(28-16-27-22)29-18-13-11-17(12-14-18)25(32)30-21-9-5-4-8-20(21)26/h3,6-7,10-16,20-21H,4-5,8-9,26H2,1-2H3,(H,30,32)(H,27,28,29)/t20-,21-/m1/s1. The van der Waals surface area contributed by atoms with E-state index in [1.165, 1.54) is 0 Å². The summed E-state index contributed by atoms with van der Waals surface area (Å²) in [4.78, 5) is 23.5. The van der Waals surface area contributed by atoms with Crippen LogP contribution >= 0.6 is 0 Å². The van der Waals surface area contributed by atoms with Gasteiger partial charge < -0.3 is 21.3 Å². The van der Waals surface area contributed by atoms with Gasteiger partial charge in [0.1, 0.15) is 12.1 Å². The number of nitrogens with two attached hydrogens (primary N) is 1. The molecule has 1 aliphatic carbocycles. The lowest BCUT2D eigenvalue weighted by molar-refractivity contribution is 0.0921. The van der Waals surface area contributed by atoms with E-state index in [0.717, 1.165) is 48.3 Å². The first kappa shape index (κ1) is 21.8. The van der Waals surface area contributed by atoms with E-state index in [2.05, 4.69) is 31.6 Å². The molecule has 1 aliphatic rings. The van der Waals surface area contributed by atoms with Crippen LogP contribution in [0.1, 0.15) is 36.0 Å². The summed E-state index contributed by atoms with van der Waals surface area (Å²) in [6, 6.07) is 17.5. The Balaban J connectivity index is 1.45. The number of nitrogens with one attached hydrogen (secondary N) is 2. The van der Waals surface area contributed by atoms with Crippen molar-refractivity contribution in [1.82, 2.24) is 15.3 Å². The molecule has 4 N–H and O–H groups in total. The predicted octanol–water partition coefficient (Wildman–Crippen LogP) is 3.95. The topological polar surface area (TPSA) is 96.2 Å². The van der Waals surface area contributed by atoms with E-state index in [4.69, 9.17) is 5.73 Å². The van der Waals surface area contributed by atoms with Crippen LogP contribution in [0, 0.1) is 0 Å². The van der Waals surface area contributed by atoms with Crippen LogP contribution < -0.4 is 21.3 Å². The van der Waals surface area contributed by atoms with Gasteiger partial charge in [-0.3, -0.25) is 4.79 Å². The van der Waals surface area contributed by atoms with Gasteiger partial charge in [0.05, 0.1) is 5.69 Å². The quantitative estimate of drug-likeness (QED) is 0.548. The maximum atomic E-state index is 12.6.